The second kappa shape index (κ2) is 11.6. The molecule has 2 rings (SSSR count). The normalized spacial score (nSPS) is 15.3. The minimum atomic E-state index is -0.599. The maximum Gasteiger partial charge on any atom is 0.326 e. The molecule has 0 aromatic heterocycles. The Bertz CT molecular complexity index is 839. The van der Waals surface area contributed by atoms with E-state index in [4.69, 9.17) is 14.2 Å². The molecule has 0 spiro atoms. The summed E-state index contributed by atoms with van der Waals surface area (Å²) in [4.78, 5) is 38.0. The maximum atomic E-state index is 12.6. The van der Waals surface area contributed by atoms with Gasteiger partial charge in [0.15, 0.2) is 11.5 Å². The summed E-state index contributed by atoms with van der Waals surface area (Å²) in [7, 11) is 0. The van der Waals surface area contributed by atoms with E-state index in [1.807, 2.05) is 33.8 Å². The largest absolute Gasteiger partial charge is 0.490 e. The number of halogens is 1. The molecule has 1 aromatic carbocycles. The Morgan fingerprint density at radius 2 is 1.97 bits per heavy atom. The zero-order valence-electron chi connectivity index (χ0n) is 17.5. The van der Waals surface area contributed by atoms with Crippen LogP contribution >= 0.6 is 34.4 Å². The summed E-state index contributed by atoms with van der Waals surface area (Å²) < 4.78 is 17.4. The van der Waals surface area contributed by atoms with Gasteiger partial charge in [-0.2, -0.15) is 0 Å². The number of rotatable bonds is 10. The van der Waals surface area contributed by atoms with Gasteiger partial charge in [-0.3, -0.25) is 19.3 Å². The monoisotopic (exact) mass is 547 g/mol. The van der Waals surface area contributed by atoms with Gasteiger partial charge in [-0.1, -0.05) is 20.8 Å². The number of esters is 1. The zero-order valence-corrected chi connectivity index (χ0v) is 20.5. The predicted molar refractivity (Wildman–Crippen MR) is 125 cm³/mol. The molecule has 0 atom stereocenters. The molecule has 0 radical (unpaired) electrons. The van der Waals surface area contributed by atoms with Crippen LogP contribution in [-0.4, -0.2) is 48.4 Å². The van der Waals surface area contributed by atoms with Crippen LogP contribution in [0.4, 0.5) is 4.79 Å². The molecule has 0 unspecified atom stereocenters. The topological polar surface area (TPSA) is 82.1 Å². The van der Waals surface area contributed by atoms with Crippen molar-refractivity contribution in [3.63, 3.8) is 0 Å². The molecule has 1 saturated heterocycles. The number of benzene rings is 1. The van der Waals surface area contributed by atoms with Gasteiger partial charge in [-0.05, 0) is 77.4 Å². The molecule has 1 aliphatic rings. The second-order valence-electron chi connectivity index (χ2n) is 6.96. The van der Waals surface area contributed by atoms with Crippen molar-refractivity contribution in [2.75, 3.05) is 26.4 Å². The van der Waals surface area contributed by atoms with Gasteiger partial charge in [0.2, 0.25) is 0 Å². The molecule has 9 heteroatoms. The number of nitrogens with zero attached hydrogens (tertiary/aromatic N) is 1. The number of hydrogen-bond donors (Lipinski definition) is 0. The van der Waals surface area contributed by atoms with Crippen molar-refractivity contribution in [3.05, 3.63) is 26.2 Å². The SMILES string of the molecule is CCCOc1c(I)cc(/C=C2\SC(=O)N(CC(=O)OCC(C)C)C2=O)cc1OCC. The van der Waals surface area contributed by atoms with Gasteiger partial charge in [0.05, 0.1) is 28.3 Å². The first-order valence-corrected chi connectivity index (χ1v) is 11.7. The molecule has 0 bridgehead atoms. The van der Waals surface area contributed by atoms with E-state index in [9.17, 15) is 14.4 Å². The summed E-state index contributed by atoms with van der Waals surface area (Å²) in [5, 5.41) is -0.490. The highest BCUT2D eigenvalue weighted by Crippen LogP contribution is 2.37. The molecule has 164 valence electrons. The standard InChI is InChI=1S/C21H26INO6S/c1-5-7-28-19-15(22)8-14(9-16(19)27-6-2)10-17-20(25)23(21(26)30-17)11-18(24)29-12-13(3)4/h8-10,13H,5-7,11-12H2,1-4H3/b17-10-. The Hall–Kier alpha value is -1.75. The first kappa shape index (κ1) is 24.5. The first-order valence-electron chi connectivity index (χ1n) is 9.76. The fourth-order valence-corrected chi connectivity index (χ4v) is 4.12. The summed E-state index contributed by atoms with van der Waals surface area (Å²) in [6.45, 7) is 8.62. The second-order valence-corrected chi connectivity index (χ2v) is 9.11. The third-order valence-electron chi connectivity index (χ3n) is 3.82. The van der Waals surface area contributed by atoms with Crippen LogP contribution in [0.15, 0.2) is 17.0 Å². The van der Waals surface area contributed by atoms with Crippen molar-refractivity contribution in [1.29, 1.82) is 0 Å². The molecule has 1 aromatic rings. The highest BCUT2D eigenvalue weighted by Gasteiger charge is 2.36. The van der Waals surface area contributed by atoms with Crippen LogP contribution in [0.5, 0.6) is 11.5 Å². The zero-order chi connectivity index (χ0) is 22.3. The first-order chi connectivity index (χ1) is 14.3. The van der Waals surface area contributed by atoms with Gasteiger partial charge in [0, 0.05) is 0 Å². The third kappa shape index (κ3) is 6.63. The van der Waals surface area contributed by atoms with Crippen molar-refractivity contribution >= 4 is 57.5 Å². The van der Waals surface area contributed by atoms with E-state index in [-0.39, 0.29) is 24.0 Å². The Morgan fingerprint density at radius 3 is 2.60 bits per heavy atom. The summed E-state index contributed by atoms with van der Waals surface area (Å²) in [5.41, 5.74) is 0.708. The van der Waals surface area contributed by atoms with Crippen molar-refractivity contribution in [3.8, 4) is 11.5 Å². The van der Waals surface area contributed by atoms with Crippen molar-refractivity contribution in [2.24, 2.45) is 5.92 Å². The fraction of sp³-hybridized carbons (Fsp3) is 0.476. The fourth-order valence-electron chi connectivity index (χ4n) is 2.50. The number of carbonyl (C=O) groups excluding carboxylic acids is 3. The van der Waals surface area contributed by atoms with Crippen LogP contribution in [0, 0.1) is 9.49 Å². The van der Waals surface area contributed by atoms with Gasteiger partial charge in [-0.15, -0.1) is 0 Å². The van der Waals surface area contributed by atoms with Gasteiger partial charge in [-0.25, -0.2) is 0 Å². The van der Waals surface area contributed by atoms with Gasteiger partial charge in [0.25, 0.3) is 11.1 Å². The summed E-state index contributed by atoms with van der Waals surface area (Å²) >= 11 is 2.96. The average Bonchev–Trinajstić information content (AvgIpc) is 2.93. The van der Waals surface area contributed by atoms with E-state index in [1.54, 1.807) is 12.1 Å². The average molecular weight is 547 g/mol. The lowest BCUT2D eigenvalue weighted by molar-refractivity contribution is -0.147. The van der Waals surface area contributed by atoms with Crippen LogP contribution in [0.2, 0.25) is 0 Å². The van der Waals surface area contributed by atoms with Gasteiger partial charge < -0.3 is 14.2 Å². The maximum absolute atomic E-state index is 12.6. The smallest absolute Gasteiger partial charge is 0.326 e. The highest BCUT2D eigenvalue weighted by atomic mass is 127. The van der Waals surface area contributed by atoms with Gasteiger partial charge in [0.1, 0.15) is 6.54 Å². The Morgan fingerprint density at radius 1 is 1.23 bits per heavy atom. The lowest BCUT2D eigenvalue weighted by Crippen LogP contribution is -2.34. The lowest BCUT2D eigenvalue weighted by atomic mass is 10.2. The molecule has 1 heterocycles. The number of carbonyl (C=O) groups is 3. The predicted octanol–water partition coefficient (Wildman–Crippen LogP) is 4.71. The Balaban J connectivity index is 2.21. The van der Waals surface area contributed by atoms with Crippen LogP contribution in [-0.2, 0) is 14.3 Å². The summed E-state index contributed by atoms with van der Waals surface area (Å²) in [6.07, 6.45) is 2.49. The van der Waals surface area contributed by atoms with Crippen molar-refractivity contribution < 1.29 is 28.6 Å². The number of thioether (sulfide) groups is 1. The molecular weight excluding hydrogens is 521 g/mol. The molecule has 1 aliphatic heterocycles. The van der Waals surface area contributed by atoms with Crippen molar-refractivity contribution in [1.82, 2.24) is 4.90 Å². The minimum Gasteiger partial charge on any atom is -0.490 e. The van der Waals surface area contributed by atoms with Gasteiger partial charge >= 0.3 is 5.97 Å². The van der Waals surface area contributed by atoms with E-state index < -0.39 is 17.1 Å². The third-order valence-corrected chi connectivity index (χ3v) is 5.53. The molecule has 2 amide bonds. The highest BCUT2D eigenvalue weighted by molar-refractivity contribution is 14.1. The quantitative estimate of drug-likeness (QED) is 0.238. The number of amides is 2. The molecule has 7 nitrogen and oxygen atoms in total. The minimum absolute atomic E-state index is 0.176. The molecule has 30 heavy (non-hydrogen) atoms. The number of hydrogen-bond acceptors (Lipinski definition) is 7. The van der Waals surface area contributed by atoms with E-state index in [0.717, 1.165) is 26.7 Å². The molecule has 0 aliphatic carbocycles. The number of imide groups is 1. The lowest BCUT2D eigenvalue weighted by Gasteiger charge is -2.14. The van der Waals surface area contributed by atoms with E-state index in [0.29, 0.717) is 30.3 Å². The Kier molecular flexibility index (Phi) is 9.47. The van der Waals surface area contributed by atoms with E-state index in [1.165, 1.54) is 0 Å². The van der Waals surface area contributed by atoms with Crippen LogP contribution in [0.3, 0.4) is 0 Å². The van der Waals surface area contributed by atoms with Crippen LogP contribution in [0.1, 0.15) is 39.7 Å². The van der Waals surface area contributed by atoms with Crippen LogP contribution < -0.4 is 9.47 Å². The van der Waals surface area contributed by atoms with E-state index in [2.05, 4.69) is 22.6 Å². The van der Waals surface area contributed by atoms with E-state index >= 15 is 0 Å². The molecular formula is C21H26INO6S. The Labute approximate surface area is 194 Å². The van der Waals surface area contributed by atoms with Crippen molar-refractivity contribution in [2.45, 2.75) is 34.1 Å². The summed E-state index contributed by atoms with van der Waals surface area (Å²) in [5.74, 6) is 0.316. The molecule has 0 N–H and O–H groups in total. The molecule has 0 saturated carbocycles. The van der Waals surface area contributed by atoms with Crippen LogP contribution in [0.25, 0.3) is 6.08 Å². The summed E-state index contributed by atoms with van der Waals surface area (Å²) in [6, 6.07) is 3.64. The molecule has 1 fully saturated rings. The number of ether oxygens (including phenoxy) is 3.